The zero-order valence-electron chi connectivity index (χ0n) is 11.2. The maximum absolute atomic E-state index is 12.0. The molecule has 0 saturated heterocycles. The first-order valence-corrected chi connectivity index (χ1v) is 7.35. The van der Waals surface area contributed by atoms with Crippen LogP contribution in [0.1, 0.15) is 10.4 Å². The molecule has 0 aliphatic rings. The van der Waals surface area contributed by atoms with Crippen molar-refractivity contribution in [2.45, 2.75) is 0 Å². The number of phenols is 1. The highest BCUT2D eigenvalue weighted by molar-refractivity contribution is 7.08. The van der Waals surface area contributed by atoms with Crippen LogP contribution in [0.5, 0.6) is 5.75 Å². The SMILES string of the molecule is CN(CC(=O)Nc1ccc(O)c(Cl)c1)C(=O)c1ccsc1. The van der Waals surface area contributed by atoms with Crippen LogP contribution in [0.2, 0.25) is 5.02 Å². The minimum Gasteiger partial charge on any atom is -0.506 e. The van der Waals surface area contributed by atoms with Gasteiger partial charge in [0, 0.05) is 18.1 Å². The summed E-state index contributed by atoms with van der Waals surface area (Å²) in [4.78, 5) is 25.2. The molecule has 0 aliphatic heterocycles. The Hall–Kier alpha value is -2.05. The van der Waals surface area contributed by atoms with E-state index < -0.39 is 0 Å². The smallest absolute Gasteiger partial charge is 0.254 e. The van der Waals surface area contributed by atoms with Gasteiger partial charge in [0.25, 0.3) is 5.91 Å². The summed E-state index contributed by atoms with van der Waals surface area (Å²) in [5.41, 5.74) is 1.02. The van der Waals surface area contributed by atoms with E-state index in [1.165, 1.54) is 34.4 Å². The first-order chi connectivity index (χ1) is 9.97. The number of hydrogen-bond acceptors (Lipinski definition) is 4. The molecular formula is C14H13ClN2O3S. The molecule has 2 N–H and O–H groups in total. The van der Waals surface area contributed by atoms with Gasteiger partial charge in [0.05, 0.1) is 17.1 Å². The summed E-state index contributed by atoms with van der Waals surface area (Å²) in [7, 11) is 1.56. The summed E-state index contributed by atoms with van der Waals surface area (Å²) in [6.07, 6.45) is 0. The van der Waals surface area contributed by atoms with Crippen molar-refractivity contribution in [1.29, 1.82) is 0 Å². The van der Waals surface area contributed by atoms with Crippen LogP contribution in [0.4, 0.5) is 5.69 Å². The van der Waals surface area contributed by atoms with Gasteiger partial charge >= 0.3 is 0 Å². The molecule has 2 rings (SSSR count). The van der Waals surface area contributed by atoms with E-state index in [1.54, 1.807) is 23.9 Å². The predicted molar refractivity (Wildman–Crippen MR) is 83.0 cm³/mol. The molecular weight excluding hydrogens is 312 g/mol. The molecule has 2 aromatic rings. The van der Waals surface area contributed by atoms with Crippen molar-refractivity contribution in [3.8, 4) is 5.75 Å². The summed E-state index contributed by atoms with van der Waals surface area (Å²) in [6, 6.07) is 6.06. The summed E-state index contributed by atoms with van der Waals surface area (Å²) in [5.74, 6) is -0.614. The number of carbonyl (C=O) groups excluding carboxylic acids is 2. The van der Waals surface area contributed by atoms with E-state index >= 15 is 0 Å². The van der Waals surface area contributed by atoms with Crippen molar-refractivity contribution >= 4 is 40.4 Å². The number of rotatable bonds is 4. The van der Waals surface area contributed by atoms with E-state index in [0.717, 1.165) is 0 Å². The van der Waals surface area contributed by atoms with Gasteiger partial charge in [-0.2, -0.15) is 11.3 Å². The average molecular weight is 325 g/mol. The quantitative estimate of drug-likeness (QED) is 0.850. The second kappa shape index (κ2) is 6.60. The lowest BCUT2D eigenvalue weighted by atomic mass is 10.3. The van der Waals surface area contributed by atoms with Gasteiger partial charge in [0.15, 0.2) is 0 Å². The van der Waals surface area contributed by atoms with Crippen molar-refractivity contribution in [2.75, 3.05) is 18.9 Å². The Kier molecular flexibility index (Phi) is 4.82. The number of likely N-dealkylation sites (N-methyl/N-ethyl adjacent to an activating group) is 1. The molecule has 5 nitrogen and oxygen atoms in total. The highest BCUT2D eigenvalue weighted by Crippen LogP contribution is 2.25. The summed E-state index contributed by atoms with van der Waals surface area (Å²) in [5, 5.41) is 15.6. The average Bonchev–Trinajstić information content (AvgIpc) is 2.96. The second-order valence-corrected chi connectivity index (χ2v) is 5.57. The van der Waals surface area contributed by atoms with Crippen LogP contribution in [0.3, 0.4) is 0 Å². The Morgan fingerprint density at radius 1 is 1.38 bits per heavy atom. The van der Waals surface area contributed by atoms with E-state index in [2.05, 4.69) is 5.32 Å². The number of nitrogens with zero attached hydrogens (tertiary/aromatic N) is 1. The van der Waals surface area contributed by atoms with E-state index in [4.69, 9.17) is 11.6 Å². The van der Waals surface area contributed by atoms with Gasteiger partial charge in [-0.1, -0.05) is 11.6 Å². The van der Waals surface area contributed by atoms with Gasteiger partial charge in [-0.3, -0.25) is 9.59 Å². The van der Waals surface area contributed by atoms with Crippen molar-refractivity contribution in [3.05, 3.63) is 45.6 Å². The fraction of sp³-hybridized carbons (Fsp3) is 0.143. The molecule has 0 radical (unpaired) electrons. The first-order valence-electron chi connectivity index (χ1n) is 6.03. The third-order valence-corrected chi connectivity index (χ3v) is 3.71. The third-order valence-electron chi connectivity index (χ3n) is 2.73. The van der Waals surface area contributed by atoms with Crippen LogP contribution in [0.15, 0.2) is 35.0 Å². The molecule has 0 saturated carbocycles. The topological polar surface area (TPSA) is 69.6 Å². The van der Waals surface area contributed by atoms with Crippen LogP contribution in [-0.2, 0) is 4.79 Å². The molecule has 0 unspecified atom stereocenters. The summed E-state index contributed by atoms with van der Waals surface area (Å²) < 4.78 is 0. The van der Waals surface area contributed by atoms with Gasteiger partial charge in [0.2, 0.25) is 5.91 Å². The monoisotopic (exact) mass is 324 g/mol. The van der Waals surface area contributed by atoms with Gasteiger partial charge in [-0.05, 0) is 29.6 Å². The molecule has 1 aromatic carbocycles. The van der Waals surface area contributed by atoms with Crippen molar-refractivity contribution in [2.24, 2.45) is 0 Å². The number of amides is 2. The maximum Gasteiger partial charge on any atom is 0.254 e. The maximum atomic E-state index is 12.0. The number of aromatic hydroxyl groups is 1. The number of hydrogen-bond donors (Lipinski definition) is 2. The Balaban J connectivity index is 1.95. The summed E-state index contributed by atoms with van der Waals surface area (Å²) >= 11 is 7.18. The summed E-state index contributed by atoms with van der Waals surface area (Å²) in [6.45, 7) is -0.0762. The number of carbonyl (C=O) groups is 2. The second-order valence-electron chi connectivity index (χ2n) is 4.39. The molecule has 0 bridgehead atoms. The number of benzene rings is 1. The zero-order chi connectivity index (χ0) is 15.4. The minimum atomic E-state index is -0.345. The molecule has 0 fully saturated rings. The predicted octanol–water partition coefficient (Wildman–Crippen LogP) is 2.82. The molecule has 21 heavy (non-hydrogen) atoms. The third kappa shape index (κ3) is 3.96. The number of anilines is 1. The van der Waals surface area contributed by atoms with Crippen LogP contribution in [0, 0.1) is 0 Å². The van der Waals surface area contributed by atoms with E-state index in [9.17, 15) is 14.7 Å². The molecule has 1 aromatic heterocycles. The molecule has 7 heteroatoms. The van der Waals surface area contributed by atoms with Crippen LogP contribution in [0.25, 0.3) is 0 Å². The van der Waals surface area contributed by atoms with E-state index in [0.29, 0.717) is 11.3 Å². The van der Waals surface area contributed by atoms with Gasteiger partial charge in [0.1, 0.15) is 5.75 Å². The molecule has 0 aliphatic carbocycles. The van der Waals surface area contributed by atoms with Crippen molar-refractivity contribution in [3.63, 3.8) is 0 Å². The fourth-order valence-electron chi connectivity index (χ4n) is 1.68. The first kappa shape index (κ1) is 15.3. The van der Waals surface area contributed by atoms with Gasteiger partial charge in [-0.25, -0.2) is 0 Å². The molecule has 2 amide bonds. The van der Waals surface area contributed by atoms with Crippen LogP contribution < -0.4 is 5.32 Å². The van der Waals surface area contributed by atoms with Gasteiger partial charge < -0.3 is 15.3 Å². The number of nitrogens with one attached hydrogen (secondary N) is 1. The number of halogens is 1. The Morgan fingerprint density at radius 2 is 2.14 bits per heavy atom. The lowest BCUT2D eigenvalue weighted by molar-refractivity contribution is -0.116. The van der Waals surface area contributed by atoms with Crippen LogP contribution >= 0.6 is 22.9 Å². The van der Waals surface area contributed by atoms with E-state index in [-0.39, 0.29) is 29.1 Å². The standard InChI is InChI=1S/C14H13ClN2O3S/c1-17(14(20)9-4-5-21-8-9)7-13(19)16-10-2-3-12(18)11(15)6-10/h2-6,8,18H,7H2,1H3,(H,16,19). The minimum absolute atomic E-state index is 0.0561. The fourth-order valence-corrected chi connectivity index (χ4v) is 2.49. The number of thiophene rings is 1. The molecule has 0 atom stereocenters. The highest BCUT2D eigenvalue weighted by atomic mass is 35.5. The Morgan fingerprint density at radius 3 is 2.76 bits per heavy atom. The molecule has 1 heterocycles. The normalized spacial score (nSPS) is 10.2. The van der Waals surface area contributed by atoms with Gasteiger partial charge in [-0.15, -0.1) is 0 Å². The van der Waals surface area contributed by atoms with E-state index in [1.807, 2.05) is 0 Å². The zero-order valence-corrected chi connectivity index (χ0v) is 12.7. The highest BCUT2D eigenvalue weighted by Gasteiger charge is 2.15. The Bertz CT molecular complexity index is 658. The number of phenolic OH excluding ortho intramolecular Hbond substituents is 1. The van der Waals surface area contributed by atoms with Crippen LogP contribution in [-0.4, -0.2) is 35.4 Å². The molecule has 110 valence electrons. The van der Waals surface area contributed by atoms with Crippen molar-refractivity contribution in [1.82, 2.24) is 4.90 Å². The lowest BCUT2D eigenvalue weighted by Crippen LogP contribution is -2.34. The lowest BCUT2D eigenvalue weighted by Gasteiger charge is -2.16. The largest absolute Gasteiger partial charge is 0.506 e. The molecule has 0 spiro atoms. The van der Waals surface area contributed by atoms with Crippen molar-refractivity contribution < 1.29 is 14.7 Å². The Labute approximate surface area is 130 Å².